The minimum Gasteiger partial charge on any atom is -0.394 e. The van der Waals surface area contributed by atoms with E-state index in [-0.39, 0.29) is 18.8 Å². The molecule has 0 aromatic heterocycles. The maximum Gasteiger partial charge on any atom is 0.0909 e. The van der Waals surface area contributed by atoms with Gasteiger partial charge in [-0.25, -0.2) is 0 Å². The van der Waals surface area contributed by atoms with E-state index in [1.807, 2.05) is 0 Å². The average Bonchev–Trinajstić information content (AvgIpc) is 2.64. The second kappa shape index (κ2) is 3.63. The molecule has 0 amide bonds. The van der Waals surface area contributed by atoms with Crippen molar-refractivity contribution in [1.82, 2.24) is 4.90 Å². The summed E-state index contributed by atoms with van der Waals surface area (Å²) in [7, 11) is 0. The Labute approximate surface area is 84.4 Å². The fourth-order valence-corrected chi connectivity index (χ4v) is 3.02. The lowest BCUT2D eigenvalue weighted by Crippen LogP contribution is -2.45. The average molecular weight is 199 g/mol. The molecule has 0 aromatic carbocycles. The van der Waals surface area contributed by atoms with Gasteiger partial charge >= 0.3 is 0 Å². The van der Waals surface area contributed by atoms with Gasteiger partial charge in [-0.3, -0.25) is 9.29 Å². The predicted octanol–water partition coefficient (Wildman–Crippen LogP) is 1.50. The van der Waals surface area contributed by atoms with Gasteiger partial charge in [-0.05, 0) is 25.7 Å². The molecular weight excluding hydrogens is 181 g/mol. The molecule has 2 rings (SSSR count). The van der Waals surface area contributed by atoms with E-state index in [0.717, 1.165) is 25.8 Å². The Kier molecular flexibility index (Phi) is 2.62. The lowest BCUT2D eigenvalue weighted by molar-refractivity contribution is 0.0737. The highest BCUT2D eigenvalue weighted by molar-refractivity contribution is 5.19. The number of aliphatic hydroxyl groups excluding tert-OH is 1. The summed E-state index contributed by atoms with van der Waals surface area (Å²) in [5.74, 6) is 0. The van der Waals surface area contributed by atoms with Gasteiger partial charge < -0.3 is 5.11 Å². The molecule has 0 unspecified atom stereocenters. The van der Waals surface area contributed by atoms with Crippen LogP contribution in [0.15, 0.2) is 12.2 Å². The number of aliphatic hydroxyl groups is 1. The van der Waals surface area contributed by atoms with E-state index >= 15 is 0 Å². The first kappa shape index (κ1) is 10.1. The van der Waals surface area contributed by atoms with Crippen molar-refractivity contribution in [3.8, 4) is 0 Å². The number of nitrogens with zero attached hydrogens (tertiary/aromatic N) is 1. The summed E-state index contributed by atoms with van der Waals surface area (Å²) in [5.41, 5.74) is 1.10. The molecular formula is C11H18FNO. The highest BCUT2D eigenvalue weighted by atomic mass is 19.1. The lowest BCUT2D eigenvalue weighted by atomic mass is 9.94. The third kappa shape index (κ3) is 1.39. The molecule has 80 valence electrons. The van der Waals surface area contributed by atoms with Crippen molar-refractivity contribution in [2.24, 2.45) is 0 Å². The third-order valence-corrected chi connectivity index (χ3v) is 3.70. The molecule has 0 bridgehead atoms. The van der Waals surface area contributed by atoms with Gasteiger partial charge in [0.05, 0.1) is 13.3 Å². The van der Waals surface area contributed by atoms with Crippen molar-refractivity contribution in [3.63, 3.8) is 0 Å². The number of hydrogen-bond acceptors (Lipinski definition) is 2. The van der Waals surface area contributed by atoms with Crippen LogP contribution in [0.25, 0.3) is 0 Å². The summed E-state index contributed by atoms with van der Waals surface area (Å²) in [6.45, 7) is 4.76. The van der Waals surface area contributed by atoms with Gasteiger partial charge in [0.25, 0.3) is 0 Å². The van der Waals surface area contributed by atoms with Gasteiger partial charge in [0, 0.05) is 18.1 Å². The van der Waals surface area contributed by atoms with Crippen molar-refractivity contribution >= 4 is 0 Å². The van der Waals surface area contributed by atoms with Crippen LogP contribution in [0.5, 0.6) is 0 Å². The van der Waals surface area contributed by atoms with Gasteiger partial charge in [0.15, 0.2) is 0 Å². The summed E-state index contributed by atoms with van der Waals surface area (Å²) in [6, 6.07) is 0.325. The number of hydrogen-bond donors (Lipinski definition) is 1. The second-order valence-corrected chi connectivity index (χ2v) is 4.61. The van der Waals surface area contributed by atoms with Crippen LogP contribution in [-0.4, -0.2) is 41.4 Å². The smallest absolute Gasteiger partial charge is 0.0909 e. The Balaban J connectivity index is 2.13. The summed E-state index contributed by atoms with van der Waals surface area (Å²) < 4.78 is 12.3. The van der Waals surface area contributed by atoms with Crippen molar-refractivity contribution in [2.75, 3.05) is 19.8 Å². The standard InChI is InChI=1S/C11H18FNO/c1-9-6-11(8-14)4-2-10(3-5-12)13(11)7-9/h10,14H,1-8H2/t10-,11-/m0/s1. The second-order valence-electron chi connectivity index (χ2n) is 4.61. The summed E-state index contributed by atoms with van der Waals surface area (Å²) in [5, 5.41) is 9.45. The quantitative estimate of drug-likeness (QED) is 0.696. The Morgan fingerprint density at radius 3 is 3.07 bits per heavy atom. The van der Waals surface area contributed by atoms with Crippen LogP contribution in [0, 0.1) is 0 Å². The molecule has 14 heavy (non-hydrogen) atoms. The first-order valence-electron chi connectivity index (χ1n) is 5.32. The van der Waals surface area contributed by atoms with Crippen LogP contribution >= 0.6 is 0 Å². The number of alkyl halides is 1. The Bertz CT molecular complexity index is 243. The van der Waals surface area contributed by atoms with Crippen LogP contribution in [0.1, 0.15) is 25.7 Å². The molecule has 0 spiro atoms. The third-order valence-electron chi connectivity index (χ3n) is 3.70. The number of fused-ring (bicyclic) bond motifs is 1. The van der Waals surface area contributed by atoms with Crippen LogP contribution in [0.3, 0.4) is 0 Å². The normalized spacial score (nSPS) is 37.9. The minimum absolute atomic E-state index is 0.0864. The summed E-state index contributed by atoms with van der Waals surface area (Å²) >= 11 is 0. The monoisotopic (exact) mass is 199 g/mol. The van der Waals surface area contributed by atoms with Gasteiger partial charge in [0.2, 0.25) is 0 Å². The zero-order valence-corrected chi connectivity index (χ0v) is 8.51. The van der Waals surface area contributed by atoms with E-state index in [1.165, 1.54) is 5.57 Å². The molecule has 2 aliphatic heterocycles. The molecule has 2 saturated heterocycles. The van der Waals surface area contributed by atoms with Crippen LogP contribution in [0.4, 0.5) is 4.39 Å². The van der Waals surface area contributed by atoms with Crippen LogP contribution in [0.2, 0.25) is 0 Å². The molecule has 0 saturated carbocycles. The van der Waals surface area contributed by atoms with Crippen molar-refractivity contribution in [3.05, 3.63) is 12.2 Å². The minimum atomic E-state index is -0.255. The van der Waals surface area contributed by atoms with Gasteiger partial charge in [-0.15, -0.1) is 0 Å². The first-order chi connectivity index (χ1) is 6.72. The van der Waals surface area contributed by atoms with E-state index in [0.29, 0.717) is 12.5 Å². The topological polar surface area (TPSA) is 23.5 Å². The molecule has 2 heterocycles. The Morgan fingerprint density at radius 1 is 1.64 bits per heavy atom. The largest absolute Gasteiger partial charge is 0.394 e. The van der Waals surface area contributed by atoms with E-state index in [2.05, 4.69) is 11.5 Å². The van der Waals surface area contributed by atoms with Gasteiger partial charge in [-0.2, -0.15) is 0 Å². The maximum absolute atomic E-state index is 12.3. The Morgan fingerprint density at radius 2 is 2.43 bits per heavy atom. The SMILES string of the molecule is C=C1CN2[C@H](CCF)CC[C@@]2(CO)C1. The highest BCUT2D eigenvalue weighted by Gasteiger charge is 2.49. The van der Waals surface area contributed by atoms with Crippen LogP contribution < -0.4 is 0 Å². The van der Waals surface area contributed by atoms with Gasteiger partial charge in [-0.1, -0.05) is 12.2 Å². The molecule has 2 atom stereocenters. The van der Waals surface area contributed by atoms with Crippen molar-refractivity contribution in [2.45, 2.75) is 37.3 Å². The van der Waals surface area contributed by atoms with Crippen molar-refractivity contribution < 1.29 is 9.50 Å². The van der Waals surface area contributed by atoms with E-state index in [1.54, 1.807) is 0 Å². The molecule has 1 N–H and O–H groups in total. The predicted molar refractivity (Wildman–Crippen MR) is 53.9 cm³/mol. The molecule has 0 aromatic rings. The Hall–Kier alpha value is -0.410. The van der Waals surface area contributed by atoms with Crippen molar-refractivity contribution in [1.29, 1.82) is 0 Å². The molecule has 0 radical (unpaired) electrons. The summed E-state index contributed by atoms with van der Waals surface area (Å²) in [4.78, 5) is 2.27. The molecule has 2 aliphatic rings. The lowest BCUT2D eigenvalue weighted by Gasteiger charge is -2.32. The van der Waals surface area contributed by atoms with Crippen LogP contribution in [-0.2, 0) is 0 Å². The van der Waals surface area contributed by atoms with E-state index < -0.39 is 0 Å². The zero-order valence-electron chi connectivity index (χ0n) is 8.51. The fourth-order valence-electron chi connectivity index (χ4n) is 3.02. The van der Waals surface area contributed by atoms with E-state index in [4.69, 9.17) is 0 Å². The molecule has 2 nitrogen and oxygen atoms in total. The molecule has 3 heteroatoms. The molecule has 2 fully saturated rings. The van der Waals surface area contributed by atoms with Gasteiger partial charge in [0.1, 0.15) is 0 Å². The number of rotatable bonds is 3. The maximum atomic E-state index is 12.3. The highest BCUT2D eigenvalue weighted by Crippen LogP contribution is 2.44. The zero-order chi connectivity index (χ0) is 10.2. The number of halogens is 1. The fraction of sp³-hybridized carbons (Fsp3) is 0.818. The first-order valence-corrected chi connectivity index (χ1v) is 5.32. The summed E-state index contributed by atoms with van der Waals surface area (Å²) in [6.07, 6.45) is 3.52. The van der Waals surface area contributed by atoms with E-state index in [9.17, 15) is 9.50 Å². The molecule has 0 aliphatic carbocycles.